The number of unbranched alkanes of at least 4 members (excludes halogenated alkanes) is 1. The van der Waals surface area contributed by atoms with E-state index in [1.807, 2.05) is 6.92 Å². The van der Waals surface area contributed by atoms with Gasteiger partial charge in [0.2, 0.25) is 0 Å². The Morgan fingerprint density at radius 2 is 2.14 bits per heavy atom. The van der Waals surface area contributed by atoms with Crippen LogP contribution in [0.3, 0.4) is 0 Å². The maximum atomic E-state index is 11.0. The molecule has 0 aromatic carbocycles. The molecule has 0 saturated carbocycles. The van der Waals surface area contributed by atoms with E-state index >= 15 is 0 Å². The van der Waals surface area contributed by atoms with Crippen LogP contribution in [-0.2, 0) is 14.3 Å². The Morgan fingerprint density at radius 1 is 1.50 bits per heavy atom. The first-order chi connectivity index (χ1) is 6.57. The molecule has 3 N–H and O–H groups in total. The maximum Gasteiger partial charge on any atom is 0.320 e. The minimum absolute atomic E-state index is 0.0666. The highest BCUT2D eigenvalue weighted by molar-refractivity contribution is 5.75. The number of nitrogens with two attached hydrogens (primary N) is 1. The Labute approximate surface area is 83.2 Å². The summed E-state index contributed by atoms with van der Waals surface area (Å²) in [6.07, 6.45) is 1.98. The Hall–Kier alpha value is -1.10. The van der Waals surface area contributed by atoms with Crippen LogP contribution in [0.25, 0.3) is 0 Å². The Morgan fingerprint density at radius 3 is 2.64 bits per heavy atom. The number of esters is 1. The molecule has 5 nitrogen and oxygen atoms in total. The van der Waals surface area contributed by atoms with Crippen molar-refractivity contribution >= 4 is 11.9 Å². The van der Waals surface area contributed by atoms with Gasteiger partial charge in [-0.1, -0.05) is 13.3 Å². The summed E-state index contributed by atoms with van der Waals surface area (Å²) in [5.74, 6) is -1.47. The van der Waals surface area contributed by atoms with Gasteiger partial charge in [-0.05, 0) is 12.8 Å². The fourth-order valence-corrected chi connectivity index (χ4v) is 0.799. The summed E-state index contributed by atoms with van der Waals surface area (Å²) >= 11 is 0. The van der Waals surface area contributed by atoms with Gasteiger partial charge in [0.15, 0.2) is 0 Å². The van der Waals surface area contributed by atoms with Crippen molar-refractivity contribution in [1.82, 2.24) is 0 Å². The smallest absolute Gasteiger partial charge is 0.320 e. The molecule has 0 aliphatic heterocycles. The van der Waals surface area contributed by atoms with E-state index in [0.717, 1.165) is 12.8 Å². The van der Waals surface area contributed by atoms with Gasteiger partial charge in [-0.2, -0.15) is 0 Å². The lowest BCUT2D eigenvalue weighted by molar-refractivity contribution is -0.144. The average molecular weight is 203 g/mol. The van der Waals surface area contributed by atoms with E-state index in [2.05, 4.69) is 0 Å². The minimum atomic E-state index is -1.09. The molecule has 14 heavy (non-hydrogen) atoms. The first-order valence-corrected chi connectivity index (χ1v) is 4.72. The fraction of sp³-hybridized carbons (Fsp3) is 0.778. The molecule has 0 aromatic rings. The number of aliphatic carboxylic acids is 1. The third-order valence-electron chi connectivity index (χ3n) is 1.74. The van der Waals surface area contributed by atoms with E-state index in [-0.39, 0.29) is 18.8 Å². The Bertz CT molecular complexity index is 193. The molecule has 0 spiro atoms. The van der Waals surface area contributed by atoms with Crippen LogP contribution >= 0.6 is 0 Å². The van der Waals surface area contributed by atoms with Gasteiger partial charge in [0.1, 0.15) is 6.04 Å². The third kappa shape index (κ3) is 6.42. The van der Waals surface area contributed by atoms with Gasteiger partial charge in [-0.15, -0.1) is 0 Å². The lowest BCUT2D eigenvalue weighted by Gasteiger charge is -2.06. The highest BCUT2D eigenvalue weighted by Crippen LogP contribution is 1.98. The third-order valence-corrected chi connectivity index (χ3v) is 1.74. The molecular weight excluding hydrogens is 186 g/mol. The predicted molar refractivity (Wildman–Crippen MR) is 50.7 cm³/mol. The van der Waals surface area contributed by atoms with Crippen LogP contribution in [0.5, 0.6) is 0 Å². The Kier molecular flexibility index (Phi) is 6.74. The van der Waals surface area contributed by atoms with E-state index in [1.54, 1.807) is 0 Å². The zero-order valence-electron chi connectivity index (χ0n) is 8.36. The summed E-state index contributed by atoms with van der Waals surface area (Å²) in [6, 6.07) is -0.978. The molecule has 0 aliphatic rings. The molecule has 0 rings (SSSR count). The summed E-state index contributed by atoms with van der Waals surface area (Å²) in [6.45, 7) is 2.39. The van der Waals surface area contributed by atoms with Crippen molar-refractivity contribution in [2.45, 2.75) is 38.6 Å². The normalized spacial score (nSPS) is 12.1. The van der Waals surface area contributed by atoms with Crippen LogP contribution in [0.1, 0.15) is 32.6 Å². The van der Waals surface area contributed by atoms with Crippen molar-refractivity contribution in [1.29, 1.82) is 0 Å². The van der Waals surface area contributed by atoms with E-state index in [0.29, 0.717) is 6.61 Å². The van der Waals surface area contributed by atoms with Crippen LogP contribution in [0.4, 0.5) is 0 Å². The lowest BCUT2D eigenvalue weighted by Crippen LogP contribution is -2.30. The monoisotopic (exact) mass is 203 g/mol. The maximum absolute atomic E-state index is 11.0. The molecule has 0 aliphatic carbocycles. The van der Waals surface area contributed by atoms with E-state index in [9.17, 15) is 9.59 Å². The Balaban J connectivity index is 3.48. The topological polar surface area (TPSA) is 89.6 Å². The molecule has 0 fully saturated rings. The van der Waals surface area contributed by atoms with Crippen molar-refractivity contribution in [2.24, 2.45) is 5.73 Å². The molecule has 0 unspecified atom stereocenters. The SMILES string of the molecule is CCCCOC(=O)CC[C@@H](N)C(=O)O. The van der Waals surface area contributed by atoms with E-state index in [1.165, 1.54) is 0 Å². The largest absolute Gasteiger partial charge is 0.480 e. The van der Waals surface area contributed by atoms with E-state index in [4.69, 9.17) is 15.6 Å². The summed E-state index contributed by atoms with van der Waals surface area (Å²) in [5.41, 5.74) is 5.21. The van der Waals surface area contributed by atoms with Crippen molar-refractivity contribution in [3.8, 4) is 0 Å². The minimum Gasteiger partial charge on any atom is -0.480 e. The number of carbonyl (C=O) groups excluding carboxylic acids is 1. The van der Waals surface area contributed by atoms with Crippen molar-refractivity contribution in [3.63, 3.8) is 0 Å². The molecule has 0 radical (unpaired) electrons. The molecular formula is C9H17NO4. The first-order valence-electron chi connectivity index (χ1n) is 4.72. The number of hydrogen-bond acceptors (Lipinski definition) is 4. The summed E-state index contributed by atoms with van der Waals surface area (Å²) in [7, 11) is 0. The van der Waals surface area contributed by atoms with Crippen molar-refractivity contribution < 1.29 is 19.4 Å². The molecule has 1 atom stereocenters. The number of ether oxygens (including phenoxy) is 1. The second kappa shape index (κ2) is 7.32. The second-order valence-corrected chi connectivity index (χ2v) is 3.06. The van der Waals surface area contributed by atoms with Crippen LogP contribution in [-0.4, -0.2) is 29.7 Å². The number of rotatable bonds is 7. The van der Waals surface area contributed by atoms with Gasteiger partial charge in [-0.25, -0.2) is 0 Å². The molecule has 0 saturated heterocycles. The van der Waals surface area contributed by atoms with Gasteiger partial charge < -0.3 is 15.6 Å². The summed E-state index contributed by atoms with van der Waals surface area (Å²) in [4.78, 5) is 21.3. The standard InChI is InChI=1S/C9H17NO4/c1-2-3-6-14-8(11)5-4-7(10)9(12)13/h7H,2-6,10H2,1H3,(H,12,13)/t7-/m1/s1. The van der Waals surface area contributed by atoms with E-state index < -0.39 is 12.0 Å². The van der Waals surface area contributed by atoms with Gasteiger partial charge in [0.25, 0.3) is 0 Å². The van der Waals surface area contributed by atoms with Gasteiger partial charge in [0, 0.05) is 6.42 Å². The second-order valence-electron chi connectivity index (χ2n) is 3.06. The first kappa shape index (κ1) is 12.9. The molecule has 0 bridgehead atoms. The highest BCUT2D eigenvalue weighted by Gasteiger charge is 2.13. The number of carboxylic acids is 1. The predicted octanol–water partition coefficient (Wildman–Crippen LogP) is 0.522. The fourth-order valence-electron chi connectivity index (χ4n) is 0.799. The summed E-state index contributed by atoms with van der Waals surface area (Å²) in [5, 5.41) is 8.43. The zero-order chi connectivity index (χ0) is 11.0. The van der Waals surface area contributed by atoms with Crippen LogP contribution < -0.4 is 5.73 Å². The number of carboxylic acid groups (broad SMARTS) is 1. The van der Waals surface area contributed by atoms with Crippen molar-refractivity contribution in [2.75, 3.05) is 6.61 Å². The molecule has 82 valence electrons. The molecule has 5 heteroatoms. The number of hydrogen-bond donors (Lipinski definition) is 2. The zero-order valence-corrected chi connectivity index (χ0v) is 8.36. The van der Waals surface area contributed by atoms with Gasteiger partial charge in [0.05, 0.1) is 6.61 Å². The molecule has 0 heterocycles. The molecule has 0 amide bonds. The van der Waals surface area contributed by atoms with Crippen LogP contribution in [0.2, 0.25) is 0 Å². The molecule has 0 aromatic heterocycles. The quantitative estimate of drug-likeness (QED) is 0.465. The number of carbonyl (C=O) groups is 2. The van der Waals surface area contributed by atoms with Crippen LogP contribution in [0, 0.1) is 0 Å². The highest BCUT2D eigenvalue weighted by atomic mass is 16.5. The van der Waals surface area contributed by atoms with Gasteiger partial charge in [-0.3, -0.25) is 9.59 Å². The van der Waals surface area contributed by atoms with Gasteiger partial charge >= 0.3 is 11.9 Å². The lowest BCUT2D eigenvalue weighted by atomic mass is 10.2. The average Bonchev–Trinajstić information content (AvgIpc) is 2.14. The van der Waals surface area contributed by atoms with Crippen molar-refractivity contribution in [3.05, 3.63) is 0 Å². The van der Waals surface area contributed by atoms with Crippen LogP contribution in [0.15, 0.2) is 0 Å². The summed E-state index contributed by atoms with van der Waals surface area (Å²) < 4.78 is 4.83.